The highest BCUT2D eigenvalue weighted by atomic mass is 32.2. The van der Waals surface area contributed by atoms with Crippen molar-refractivity contribution < 1.29 is 8.42 Å². The first-order chi connectivity index (χ1) is 7.49. The number of benzene rings is 1. The molecule has 6 heteroatoms. The van der Waals surface area contributed by atoms with Crippen molar-refractivity contribution in [3.05, 3.63) is 24.3 Å². The average molecular weight is 239 g/mol. The first-order valence-corrected chi connectivity index (χ1v) is 6.44. The summed E-state index contributed by atoms with van der Waals surface area (Å²) in [7, 11) is -3.54. The number of hydrogen-bond acceptors (Lipinski definition) is 3. The first-order valence-electron chi connectivity index (χ1n) is 4.96. The zero-order chi connectivity index (χ0) is 11.8. The third-order valence-corrected chi connectivity index (χ3v) is 3.50. The molecule has 1 aromatic carbocycles. The smallest absolute Gasteiger partial charge is 0.274 e. The van der Waals surface area contributed by atoms with Crippen LogP contribution in [-0.2, 0) is 10.0 Å². The zero-order valence-corrected chi connectivity index (χ0v) is 9.88. The predicted molar refractivity (Wildman–Crippen MR) is 61.6 cm³/mol. The van der Waals surface area contributed by atoms with E-state index in [0.29, 0.717) is 11.0 Å². The number of imidazole rings is 1. The summed E-state index contributed by atoms with van der Waals surface area (Å²) in [5, 5.41) is -0.0394. The minimum atomic E-state index is -3.54. The number of sulfonamides is 1. The van der Waals surface area contributed by atoms with Gasteiger partial charge in [0.05, 0.1) is 11.0 Å². The maximum Gasteiger partial charge on any atom is 0.274 e. The van der Waals surface area contributed by atoms with Gasteiger partial charge in [-0.25, -0.2) is 18.1 Å². The lowest BCUT2D eigenvalue weighted by molar-refractivity contribution is 0.563. The number of fused-ring (bicyclic) bond motifs is 1. The lowest BCUT2D eigenvalue weighted by Gasteiger charge is -2.05. The molecule has 2 N–H and O–H groups in total. The van der Waals surface area contributed by atoms with Crippen LogP contribution in [0.1, 0.15) is 13.8 Å². The summed E-state index contributed by atoms with van der Waals surface area (Å²) < 4.78 is 26.1. The molecule has 0 unspecified atom stereocenters. The van der Waals surface area contributed by atoms with Gasteiger partial charge in [0, 0.05) is 6.04 Å². The number of aromatic nitrogens is 2. The molecule has 86 valence electrons. The number of aromatic amines is 1. The molecule has 0 aliphatic rings. The largest absolute Gasteiger partial charge is 0.328 e. The summed E-state index contributed by atoms with van der Waals surface area (Å²) in [6.07, 6.45) is 0. The van der Waals surface area contributed by atoms with E-state index in [1.165, 1.54) is 0 Å². The molecule has 2 aromatic rings. The molecule has 0 amide bonds. The van der Waals surface area contributed by atoms with E-state index in [-0.39, 0.29) is 11.2 Å². The molecule has 16 heavy (non-hydrogen) atoms. The Hall–Kier alpha value is -1.40. The Morgan fingerprint density at radius 2 is 2.00 bits per heavy atom. The van der Waals surface area contributed by atoms with E-state index < -0.39 is 10.0 Å². The maximum atomic E-state index is 11.8. The Kier molecular flexibility index (Phi) is 2.69. The van der Waals surface area contributed by atoms with E-state index >= 15 is 0 Å². The topological polar surface area (TPSA) is 74.8 Å². The molecular weight excluding hydrogens is 226 g/mol. The quantitative estimate of drug-likeness (QED) is 0.846. The van der Waals surface area contributed by atoms with Gasteiger partial charge in [0.25, 0.3) is 10.0 Å². The minimum Gasteiger partial charge on any atom is -0.328 e. The molecule has 0 saturated heterocycles. The van der Waals surface area contributed by atoms with Crippen LogP contribution < -0.4 is 4.72 Å². The van der Waals surface area contributed by atoms with Crippen molar-refractivity contribution in [2.45, 2.75) is 25.0 Å². The van der Waals surface area contributed by atoms with Crippen molar-refractivity contribution in [2.24, 2.45) is 0 Å². The van der Waals surface area contributed by atoms with Crippen LogP contribution in [0.4, 0.5) is 0 Å². The van der Waals surface area contributed by atoms with Crippen molar-refractivity contribution in [2.75, 3.05) is 0 Å². The monoisotopic (exact) mass is 239 g/mol. The fraction of sp³-hybridized carbons (Fsp3) is 0.300. The Bertz CT molecular complexity index is 568. The van der Waals surface area contributed by atoms with Crippen LogP contribution in [0.15, 0.2) is 29.4 Å². The number of nitrogens with one attached hydrogen (secondary N) is 2. The van der Waals surface area contributed by atoms with Gasteiger partial charge < -0.3 is 4.98 Å². The molecule has 1 aromatic heterocycles. The van der Waals surface area contributed by atoms with E-state index in [4.69, 9.17) is 0 Å². The zero-order valence-electron chi connectivity index (χ0n) is 9.06. The Balaban J connectivity index is 2.48. The molecule has 0 spiro atoms. The summed E-state index contributed by atoms with van der Waals surface area (Å²) in [6, 6.07) is 7.04. The van der Waals surface area contributed by atoms with Gasteiger partial charge in [0.15, 0.2) is 0 Å². The normalized spacial score (nSPS) is 12.4. The lowest BCUT2D eigenvalue weighted by atomic mass is 10.3. The molecule has 0 atom stereocenters. The molecule has 0 saturated carbocycles. The third-order valence-electron chi connectivity index (χ3n) is 2.01. The Labute approximate surface area is 93.9 Å². The Morgan fingerprint density at radius 3 is 2.62 bits per heavy atom. The molecule has 0 aliphatic carbocycles. The highest BCUT2D eigenvalue weighted by Gasteiger charge is 2.19. The van der Waals surface area contributed by atoms with Crippen LogP contribution in [0.3, 0.4) is 0 Å². The predicted octanol–water partition coefficient (Wildman–Crippen LogP) is 1.25. The summed E-state index contributed by atoms with van der Waals surface area (Å²) >= 11 is 0. The highest BCUT2D eigenvalue weighted by molar-refractivity contribution is 7.89. The summed E-state index contributed by atoms with van der Waals surface area (Å²) in [5.74, 6) is 0. The van der Waals surface area contributed by atoms with Gasteiger partial charge in [0.1, 0.15) is 0 Å². The number of rotatable bonds is 3. The lowest BCUT2D eigenvalue weighted by Crippen LogP contribution is -2.30. The summed E-state index contributed by atoms with van der Waals surface area (Å²) in [6.45, 7) is 3.53. The molecule has 0 bridgehead atoms. The standard InChI is InChI=1S/C10H13N3O2S/c1-7(2)13-16(14,15)10-11-8-5-3-4-6-9(8)12-10/h3-7,13H,1-2H3,(H,11,12). The number of hydrogen-bond donors (Lipinski definition) is 2. The second-order valence-corrected chi connectivity index (χ2v) is 5.46. The van der Waals surface area contributed by atoms with Gasteiger partial charge in [-0.2, -0.15) is 0 Å². The summed E-state index contributed by atoms with van der Waals surface area (Å²) in [5.41, 5.74) is 1.36. The number of para-hydroxylation sites is 2. The minimum absolute atomic E-state index is 0.0394. The molecule has 0 aliphatic heterocycles. The molecule has 1 heterocycles. The van der Waals surface area contributed by atoms with Crippen LogP contribution in [0.2, 0.25) is 0 Å². The van der Waals surface area contributed by atoms with Crippen molar-refractivity contribution >= 4 is 21.1 Å². The molecular formula is C10H13N3O2S. The van der Waals surface area contributed by atoms with E-state index in [9.17, 15) is 8.42 Å². The second kappa shape index (κ2) is 3.88. The second-order valence-electron chi connectivity index (χ2n) is 3.84. The van der Waals surface area contributed by atoms with Crippen molar-refractivity contribution in [3.8, 4) is 0 Å². The van der Waals surface area contributed by atoms with E-state index in [2.05, 4.69) is 14.7 Å². The van der Waals surface area contributed by atoms with Gasteiger partial charge in [0.2, 0.25) is 5.16 Å². The van der Waals surface area contributed by atoms with Crippen LogP contribution >= 0.6 is 0 Å². The highest BCUT2D eigenvalue weighted by Crippen LogP contribution is 2.13. The Morgan fingerprint density at radius 1 is 1.31 bits per heavy atom. The van der Waals surface area contributed by atoms with Crippen molar-refractivity contribution in [1.82, 2.24) is 14.7 Å². The molecule has 5 nitrogen and oxygen atoms in total. The first kappa shape index (κ1) is 11.1. The average Bonchev–Trinajstić information content (AvgIpc) is 2.59. The molecule has 0 radical (unpaired) electrons. The van der Waals surface area contributed by atoms with Crippen LogP contribution in [0.25, 0.3) is 11.0 Å². The van der Waals surface area contributed by atoms with Crippen LogP contribution in [-0.4, -0.2) is 24.4 Å². The number of H-pyrrole nitrogens is 1. The van der Waals surface area contributed by atoms with Crippen molar-refractivity contribution in [3.63, 3.8) is 0 Å². The fourth-order valence-electron chi connectivity index (χ4n) is 1.42. The van der Waals surface area contributed by atoms with Crippen LogP contribution in [0, 0.1) is 0 Å². The maximum absolute atomic E-state index is 11.8. The molecule has 0 fully saturated rings. The van der Waals surface area contributed by atoms with E-state index in [0.717, 1.165) is 0 Å². The van der Waals surface area contributed by atoms with Gasteiger partial charge in [-0.05, 0) is 26.0 Å². The van der Waals surface area contributed by atoms with Gasteiger partial charge in [-0.3, -0.25) is 0 Å². The third kappa shape index (κ3) is 2.07. The fourth-order valence-corrected chi connectivity index (χ4v) is 2.62. The SMILES string of the molecule is CC(C)NS(=O)(=O)c1nc2ccccc2[nH]1. The van der Waals surface area contributed by atoms with E-state index in [1.807, 2.05) is 12.1 Å². The van der Waals surface area contributed by atoms with E-state index in [1.54, 1.807) is 26.0 Å². The number of nitrogens with zero attached hydrogens (tertiary/aromatic N) is 1. The van der Waals surface area contributed by atoms with Gasteiger partial charge in [-0.15, -0.1) is 0 Å². The van der Waals surface area contributed by atoms with Gasteiger partial charge in [-0.1, -0.05) is 12.1 Å². The van der Waals surface area contributed by atoms with Gasteiger partial charge >= 0.3 is 0 Å². The summed E-state index contributed by atoms with van der Waals surface area (Å²) in [4.78, 5) is 6.81. The van der Waals surface area contributed by atoms with Crippen molar-refractivity contribution in [1.29, 1.82) is 0 Å². The van der Waals surface area contributed by atoms with Crippen LogP contribution in [0.5, 0.6) is 0 Å². The molecule has 2 rings (SSSR count).